The van der Waals surface area contributed by atoms with Crippen LogP contribution in [0.1, 0.15) is 33.8 Å². The minimum Gasteiger partial charge on any atom is -0.295 e. The lowest BCUT2D eigenvalue weighted by atomic mass is 10.1. The molecule has 2 heterocycles. The van der Waals surface area contributed by atoms with Crippen LogP contribution in [0.4, 0.5) is 0 Å². The molecule has 2 bridgehead atoms. The Morgan fingerprint density at radius 2 is 2.41 bits per heavy atom. The molecule has 1 aromatic rings. The molecule has 2 aliphatic rings. The van der Waals surface area contributed by atoms with E-state index in [0.717, 1.165) is 18.5 Å². The predicted molar refractivity (Wildman–Crippen MR) is 67.5 cm³/mol. The summed E-state index contributed by atoms with van der Waals surface area (Å²) >= 11 is 1.55. The van der Waals surface area contributed by atoms with Crippen molar-refractivity contribution in [1.29, 1.82) is 0 Å². The number of piperidine rings is 1. The molecule has 1 aromatic heterocycles. The summed E-state index contributed by atoms with van der Waals surface area (Å²) in [5.74, 6) is 5.86. The summed E-state index contributed by atoms with van der Waals surface area (Å²) in [4.78, 5) is 15.9. The lowest BCUT2D eigenvalue weighted by molar-refractivity contribution is 0.0957. The maximum absolute atomic E-state index is 11.4. The molecule has 3 rings (SSSR count). The Morgan fingerprint density at radius 1 is 1.53 bits per heavy atom. The molecule has 1 amide bonds. The number of nitrogen functional groups attached to an aromatic ring is 1. The minimum absolute atomic E-state index is 0.191. The quantitative estimate of drug-likeness (QED) is 0.484. The number of hydrogen-bond donors (Lipinski definition) is 2. The number of fused-ring (bicyclic) bond motifs is 2. The fourth-order valence-electron chi connectivity index (χ4n) is 3.08. The molecule has 1 saturated carbocycles. The van der Waals surface area contributed by atoms with Crippen molar-refractivity contribution in [2.24, 2.45) is 11.8 Å². The fourth-order valence-corrected chi connectivity index (χ4v) is 4.01. The number of nitrogens with two attached hydrogens (primary N) is 1. The highest BCUT2D eigenvalue weighted by molar-refractivity contribution is 7.14. The number of hydrogen-bond acceptors (Lipinski definition) is 4. The molecule has 2 unspecified atom stereocenters. The van der Waals surface area contributed by atoms with E-state index in [9.17, 15) is 4.79 Å². The molecule has 1 aliphatic carbocycles. The Hall–Kier alpha value is -0.910. The van der Waals surface area contributed by atoms with Gasteiger partial charge >= 0.3 is 0 Å². The molecule has 0 aromatic carbocycles. The van der Waals surface area contributed by atoms with E-state index in [4.69, 9.17) is 5.84 Å². The molecule has 0 radical (unpaired) electrons. The smallest absolute Gasteiger partial charge is 0.275 e. The highest BCUT2D eigenvalue weighted by Gasteiger charge is 2.37. The number of amides is 1. The van der Waals surface area contributed by atoms with Crippen molar-refractivity contribution in [3.8, 4) is 0 Å². The summed E-state index contributed by atoms with van der Waals surface area (Å²) in [6, 6.07) is 4.69. The van der Waals surface area contributed by atoms with Crippen molar-refractivity contribution >= 4 is 17.2 Å². The van der Waals surface area contributed by atoms with Crippen LogP contribution in [0.2, 0.25) is 0 Å². The van der Waals surface area contributed by atoms with Crippen molar-refractivity contribution < 1.29 is 4.79 Å². The summed E-state index contributed by atoms with van der Waals surface area (Å²) < 4.78 is 0. The van der Waals surface area contributed by atoms with Gasteiger partial charge in [-0.05, 0) is 37.3 Å². The molecular weight excluding hydrogens is 234 g/mol. The van der Waals surface area contributed by atoms with Crippen molar-refractivity contribution in [2.45, 2.75) is 31.8 Å². The van der Waals surface area contributed by atoms with E-state index in [1.807, 2.05) is 12.1 Å². The summed E-state index contributed by atoms with van der Waals surface area (Å²) in [6.07, 6.45) is 4.14. The molecule has 17 heavy (non-hydrogen) atoms. The zero-order valence-electron chi connectivity index (χ0n) is 9.69. The van der Waals surface area contributed by atoms with Crippen molar-refractivity contribution in [2.75, 3.05) is 6.54 Å². The van der Waals surface area contributed by atoms with Crippen molar-refractivity contribution in [3.05, 3.63) is 21.9 Å². The van der Waals surface area contributed by atoms with Crippen LogP contribution in [0.5, 0.6) is 0 Å². The second kappa shape index (κ2) is 4.40. The van der Waals surface area contributed by atoms with E-state index in [0.29, 0.717) is 4.88 Å². The van der Waals surface area contributed by atoms with Gasteiger partial charge in [0.15, 0.2) is 0 Å². The zero-order chi connectivity index (χ0) is 11.8. The summed E-state index contributed by atoms with van der Waals surface area (Å²) in [5, 5.41) is 0. The van der Waals surface area contributed by atoms with Gasteiger partial charge in [-0.2, -0.15) is 0 Å². The molecule has 92 valence electrons. The number of rotatable bonds is 3. The number of nitrogens with one attached hydrogen (secondary N) is 1. The first-order valence-corrected chi connectivity index (χ1v) is 6.91. The largest absolute Gasteiger partial charge is 0.295 e. The van der Waals surface area contributed by atoms with Gasteiger partial charge in [-0.1, -0.05) is 0 Å². The van der Waals surface area contributed by atoms with Gasteiger partial charge in [-0.3, -0.25) is 15.1 Å². The van der Waals surface area contributed by atoms with Crippen molar-refractivity contribution in [3.63, 3.8) is 0 Å². The Labute approximate surface area is 105 Å². The van der Waals surface area contributed by atoms with Crippen LogP contribution in [-0.2, 0) is 6.54 Å². The third-order valence-electron chi connectivity index (χ3n) is 3.90. The number of hydrazine groups is 1. The zero-order valence-corrected chi connectivity index (χ0v) is 10.5. The van der Waals surface area contributed by atoms with Crippen molar-refractivity contribution in [1.82, 2.24) is 10.3 Å². The van der Waals surface area contributed by atoms with Gasteiger partial charge in [0.1, 0.15) is 0 Å². The fraction of sp³-hybridized carbons (Fsp3) is 0.583. The number of carbonyl (C=O) groups excluding carboxylic acids is 1. The Balaban J connectivity index is 1.65. The Kier molecular flexibility index (Phi) is 2.90. The van der Waals surface area contributed by atoms with Crippen LogP contribution in [0, 0.1) is 5.92 Å². The number of thiophene rings is 1. The lowest BCUT2D eigenvalue weighted by Gasteiger charge is -2.25. The lowest BCUT2D eigenvalue weighted by Crippen LogP contribution is -2.31. The highest BCUT2D eigenvalue weighted by Crippen LogP contribution is 2.38. The van der Waals surface area contributed by atoms with Gasteiger partial charge in [0, 0.05) is 24.0 Å². The SMILES string of the molecule is NNC(=O)c1ccc(CN2CC3CCC2C3)s1. The van der Waals surface area contributed by atoms with E-state index in [2.05, 4.69) is 10.3 Å². The van der Waals surface area contributed by atoms with Crippen LogP contribution >= 0.6 is 11.3 Å². The Bertz CT molecular complexity index is 431. The predicted octanol–water partition coefficient (Wildman–Crippen LogP) is 1.34. The second-order valence-corrected chi connectivity index (χ2v) is 6.17. The average Bonchev–Trinajstić information content (AvgIpc) is 3.03. The Morgan fingerprint density at radius 3 is 3.06 bits per heavy atom. The molecule has 4 nitrogen and oxygen atoms in total. The van der Waals surface area contributed by atoms with Gasteiger partial charge in [-0.15, -0.1) is 11.3 Å². The van der Waals surface area contributed by atoms with Gasteiger partial charge in [-0.25, -0.2) is 5.84 Å². The van der Waals surface area contributed by atoms with Gasteiger partial charge in [0.05, 0.1) is 4.88 Å². The van der Waals surface area contributed by atoms with Gasteiger partial charge in [0.25, 0.3) is 5.91 Å². The van der Waals surface area contributed by atoms with E-state index in [1.165, 1.54) is 30.7 Å². The molecule has 0 spiro atoms. The second-order valence-electron chi connectivity index (χ2n) is 5.00. The van der Waals surface area contributed by atoms with Crippen LogP contribution < -0.4 is 11.3 Å². The molecule has 3 N–H and O–H groups in total. The molecule has 5 heteroatoms. The van der Waals surface area contributed by atoms with E-state index >= 15 is 0 Å². The molecule has 1 saturated heterocycles. The number of nitrogens with zero attached hydrogens (tertiary/aromatic N) is 1. The molecule has 1 aliphatic heterocycles. The molecule has 2 atom stereocenters. The van der Waals surface area contributed by atoms with E-state index in [1.54, 1.807) is 11.3 Å². The normalized spacial score (nSPS) is 27.6. The van der Waals surface area contributed by atoms with Crippen LogP contribution in [0.25, 0.3) is 0 Å². The van der Waals surface area contributed by atoms with Gasteiger partial charge in [0.2, 0.25) is 0 Å². The third kappa shape index (κ3) is 2.10. The molecule has 2 fully saturated rings. The van der Waals surface area contributed by atoms with E-state index in [-0.39, 0.29) is 5.91 Å². The number of likely N-dealkylation sites (tertiary alicyclic amines) is 1. The molecular formula is C12H17N3OS. The van der Waals surface area contributed by atoms with E-state index < -0.39 is 0 Å². The maximum atomic E-state index is 11.4. The summed E-state index contributed by atoms with van der Waals surface area (Å²) in [7, 11) is 0. The van der Waals surface area contributed by atoms with Crippen LogP contribution in [-0.4, -0.2) is 23.4 Å². The first kappa shape index (κ1) is 11.2. The standard InChI is InChI=1S/C12H17N3OS/c13-14-12(16)11-4-3-10(17-11)7-15-6-8-1-2-9(15)5-8/h3-4,8-9H,1-2,5-7,13H2,(H,14,16). The summed E-state index contributed by atoms with van der Waals surface area (Å²) in [5.41, 5.74) is 2.17. The topological polar surface area (TPSA) is 58.4 Å². The number of carbonyl (C=O) groups is 1. The van der Waals surface area contributed by atoms with Crippen LogP contribution in [0.3, 0.4) is 0 Å². The third-order valence-corrected chi connectivity index (χ3v) is 4.97. The maximum Gasteiger partial charge on any atom is 0.275 e. The highest BCUT2D eigenvalue weighted by atomic mass is 32.1. The van der Waals surface area contributed by atoms with Crippen LogP contribution in [0.15, 0.2) is 12.1 Å². The first-order chi connectivity index (χ1) is 8.26. The minimum atomic E-state index is -0.191. The monoisotopic (exact) mass is 251 g/mol. The first-order valence-electron chi connectivity index (χ1n) is 6.10. The average molecular weight is 251 g/mol. The summed E-state index contributed by atoms with van der Waals surface area (Å²) in [6.45, 7) is 2.23. The van der Waals surface area contributed by atoms with Gasteiger partial charge < -0.3 is 0 Å².